The van der Waals surface area contributed by atoms with Gasteiger partial charge >= 0.3 is 0 Å². The van der Waals surface area contributed by atoms with Gasteiger partial charge < -0.3 is 10.5 Å². The van der Waals surface area contributed by atoms with Gasteiger partial charge in [0.25, 0.3) is 0 Å². The van der Waals surface area contributed by atoms with Gasteiger partial charge in [0, 0.05) is 23.3 Å². The molecule has 0 saturated carbocycles. The van der Waals surface area contributed by atoms with Crippen molar-refractivity contribution in [2.75, 3.05) is 18.1 Å². The third-order valence-electron chi connectivity index (χ3n) is 2.90. The monoisotopic (exact) mass is 287 g/mol. The van der Waals surface area contributed by atoms with Crippen LogP contribution in [-0.4, -0.2) is 12.4 Å². The Hall–Kier alpha value is -1.61. The van der Waals surface area contributed by atoms with Crippen molar-refractivity contribution in [1.82, 2.24) is 0 Å². The molecule has 2 aromatic carbocycles. The van der Waals surface area contributed by atoms with Gasteiger partial charge in [0.15, 0.2) is 0 Å². The molecule has 0 spiro atoms. The van der Waals surface area contributed by atoms with E-state index in [0.29, 0.717) is 6.61 Å². The Morgan fingerprint density at radius 3 is 2.50 bits per heavy atom. The molecule has 0 amide bonds. The molecule has 0 aliphatic rings. The summed E-state index contributed by atoms with van der Waals surface area (Å²) in [5.74, 6) is 2.85. The normalized spacial score (nSPS) is 10.5. The van der Waals surface area contributed by atoms with Crippen molar-refractivity contribution < 1.29 is 4.74 Å². The van der Waals surface area contributed by atoms with Gasteiger partial charge in [-0.1, -0.05) is 35.4 Å². The van der Waals surface area contributed by atoms with E-state index >= 15 is 0 Å². The minimum atomic E-state index is 0.707. The van der Waals surface area contributed by atoms with E-state index in [4.69, 9.17) is 10.5 Å². The fraction of sp³-hybridized carbons (Fsp3) is 0.294. The zero-order valence-corrected chi connectivity index (χ0v) is 12.9. The molecule has 0 saturated heterocycles. The van der Waals surface area contributed by atoms with Crippen LogP contribution in [0.4, 0.5) is 5.69 Å². The fourth-order valence-corrected chi connectivity index (χ4v) is 2.91. The van der Waals surface area contributed by atoms with Gasteiger partial charge in [0.05, 0.1) is 6.61 Å². The molecule has 0 fully saturated rings. The molecule has 2 nitrogen and oxygen atoms in total. The lowest BCUT2D eigenvalue weighted by Gasteiger charge is -2.07. The number of ether oxygens (including phenoxy) is 1. The number of rotatable bonds is 6. The highest BCUT2D eigenvalue weighted by atomic mass is 32.2. The smallest absolute Gasteiger partial charge is 0.121 e. The van der Waals surface area contributed by atoms with Crippen LogP contribution in [0.2, 0.25) is 0 Å². The average Bonchev–Trinajstić information content (AvgIpc) is 2.37. The number of hydrogen-bond donors (Lipinski definition) is 1. The molecule has 0 bridgehead atoms. The predicted molar refractivity (Wildman–Crippen MR) is 88.4 cm³/mol. The van der Waals surface area contributed by atoms with Crippen LogP contribution in [-0.2, 0) is 5.75 Å². The summed E-state index contributed by atoms with van der Waals surface area (Å²) < 4.78 is 5.67. The van der Waals surface area contributed by atoms with Crippen molar-refractivity contribution in [3.05, 3.63) is 59.2 Å². The standard InChI is InChI=1S/C17H21NOS/c1-13-8-14(2)10-15(9-13)12-20-7-6-19-17-5-3-4-16(18)11-17/h3-5,8-11H,6-7,12,18H2,1-2H3. The van der Waals surface area contributed by atoms with Gasteiger partial charge in [0.2, 0.25) is 0 Å². The maximum Gasteiger partial charge on any atom is 0.121 e. The molecule has 0 atom stereocenters. The third kappa shape index (κ3) is 4.82. The lowest BCUT2D eigenvalue weighted by Crippen LogP contribution is -2.01. The molecule has 2 N–H and O–H groups in total. The predicted octanol–water partition coefficient (Wildman–Crippen LogP) is 4.20. The summed E-state index contributed by atoms with van der Waals surface area (Å²) in [5, 5.41) is 0. The Labute approximate surface area is 125 Å². The Morgan fingerprint density at radius 1 is 1.05 bits per heavy atom. The summed E-state index contributed by atoms with van der Waals surface area (Å²) in [6.07, 6.45) is 0. The van der Waals surface area contributed by atoms with Crippen LogP contribution in [0.5, 0.6) is 5.75 Å². The van der Waals surface area contributed by atoms with E-state index in [9.17, 15) is 0 Å². The highest BCUT2D eigenvalue weighted by Crippen LogP contribution is 2.17. The third-order valence-corrected chi connectivity index (χ3v) is 3.90. The molecule has 2 rings (SSSR count). The van der Waals surface area contributed by atoms with Crippen molar-refractivity contribution in [3.63, 3.8) is 0 Å². The van der Waals surface area contributed by atoms with Crippen molar-refractivity contribution in [1.29, 1.82) is 0 Å². The number of benzene rings is 2. The van der Waals surface area contributed by atoms with Crippen LogP contribution in [0.3, 0.4) is 0 Å². The molecule has 0 aliphatic carbocycles. The topological polar surface area (TPSA) is 35.2 Å². The summed E-state index contributed by atoms with van der Waals surface area (Å²) in [4.78, 5) is 0. The minimum Gasteiger partial charge on any atom is -0.493 e. The number of nitrogens with two attached hydrogens (primary N) is 1. The highest BCUT2D eigenvalue weighted by molar-refractivity contribution is 7.98. The fourth-order valence-electron chi connectivity index (χ4n) is 2.17. The Bertz CT molecular complexity index is 548. The van der Waals surface area contributed by atoms with Crippen molar-refractivity contribution in [2.24, 2.45) is 0 Å². The number of aryl methyl sites for hydroxylation is 2. The van der Waals surface area contributed by atoms with Gasteiger partial charge in [-0.2, -0.15) is 11.8 Å². The zero-order valence-electron chi connectivity index (χ0n) is 12.1. The molecule has 0 heterocycles. The summed E-state index contributed by atoms with van der Waals surface area (Å²) in [6, 6.07) is 14.3. The SMILES string of the molecule is Cc1cc(C)cc(CSCCOc2cccc(N)c2)c1. The Morgan fingerprint density at radius 2 is 1.80 bits per heavy atom. The quantitative estimate of drug-likeness (QED) is 0.639. The first-order valence-electron chi connectivity index (χ1n) is 6.77. The van der Waals surface area contributed by atoms with E-state index in [1.54, 1.807) is 0 Å². The second kappa shape index (κ2) is 7.25. The first kappa shape index (κ1) is 14.8. The van der Waals surface area contributed by atoms with E-state index in [1.807, 2.05) is 36.0 Å². The lowest BCUT2D eigenvalue weighted by atomic mass is 10.1. The van der Waals surface area contributed by atoms with Crippen LogP contribution >= 0.6 is 11.8 Å². The van der Waals surface area contributed by atoms with Crippen LogP contribution in [0, 0.1) is 13.8 Å². The van der Waals surface area contributed by atoms with Crippen LogP contribution in [0.1, 0.15) is 16.7 Å². The molecule has 0 unspecified atom stereocenters. The summed E-state index contributed by atoms with van der Waals surface area (Å²) >= 11 is 1.89. The van der Waals surface area contributed by atoms with E-state index in [2.05, 4.69) is 32.0 Å². The van der Waals surface area contributed by atoms with Crippen molar-refractivity contribution >= 4 is 17.4 Å². The number of anilines is 1. The van der Waals surface area contributed by atoms with Gasteiger partial charge in [-0.25, -0.2) is 0 Å². The molecular weight excluding hydrogens is 266 g/mol. The molecule has 0 aliphatic heterocycles. The molecule has 0 radical (unpaired) electrons. The minimum absolute atomic E-state index is 0.707. The number of hydrogen-bond acceptors (Lipinski definition) is 3. The first-order valence-corrected chi connectivity index (χ1v) is 7.92. The van der Waals surface area contributed by atoms with E-state index in [-0.39, 0.29) is 0 Å². The first-order chi connectivity index (χ1) is 9.63. The van der Waals surface area contributed by atoms with Gasteiger partial charge in [-0.05, 0) is 31.5 Å². The van der Waals surface area contributed by atoms with E-state index in [1.165, 1.54) is 16.7 Å². The van der Waals surface area contributed by atoms with E-state index < -0.39 is 0 Å². The Kier molecular flexibility index (Phi) is 5.36. The largest absolute Gasteiger partial charge is 0.493 e. The number of thioether (sulfide) groups is 1. The van der Waals surface area contributed by atoms with E-state index in [0.717, 1.165) is 22.9 Å². The molecule has 20 heavy (non-hydrogen) atoms. The second-order valence-electron chi connectivity index (χ2n) is 4.97. The average molecular weight is 287 g/mol. The van der Waals surface area contributed by atoms with Gasteiger partial charge in [-0.15, -0.1) is 0 Å². The molecule has 3 heteroatoms. The van der Waals surface area contributed by atoms with Crippen LogP contribution in [0.15, 0.2) is 42.5 Å². The summed E-state index contributed by atoms with van der Waals surface area (Å²) in [5.41, 5.74) is 10.5. The maximum absolute atomic E-state index is 5.71. The summed E-state index contributed by atoms with van der Waals surface area (Å²) in [7, 11) is 0. The summed E-state index contributed by atoms with van der Waals surface area (Å²) in [6.45, 7) is 4.99. The zero-order chi connectivity index (χ0) is 14.4. The van der Waals surface area contributed by atoms with Gasteiger partial charge in [0.1, 0.15) is 5.75 Å². The van der Waals surface area contributed by atoms with Crippen molar-refractivity contribution in [2.45, 2.75) is 19.6 Å². The molecule has 2 aromatic rings. The van der Waals surface area contributed by atoms with Crippen LogP contribution < -0.4 is 10.5 Å². The van der Waals surface area contributed by atoms with Crippen molar-refractivity contribution in [3.8, 4) is 5.75 Å². The van der Waals surface area contributed by atoms with Gasteiger partial charge in [-0.3, -0.25) is 0 Å². The molecule has 0 aromatic heterocycles. The lowest BCUT2D eigenvalue weighted by molar-refractivity contribution is 0.344. The maximum atomic E-state index is 5.71. The van der Waals surface area contributed by atoms with Crippen LogP contribution in [0.25, 0.3) is 0 Å². The number of nitrogen functional groups attached to an aromatic ring is 1. The second-order valence-corrected chi connectivity index (χ2v) is 6.07. The molecule has 106 valence electrons. The molecular formula is C17H21NOS. The highest BCUT2D eigenvalue weighted by Gasteiger charge is 1.98. The Balaban J connectivity index is 1.71.